The third-order valence-electron chi connectivity index (χ3n) is 4.00. The van der Waals surface area contributed by atoms with E-state index in [0.29, 0.717) is 22.3 Å². The number of rotatable bonds is 4. The lowest BCUT2D eigenvalue weighted by atomic mass is 10.2. The Kier molecular flexibility index (Phi) is 4.47. The molecule has 2 heterocycles. The Morgan fingerprint density at radius 3 is 2.04 bits per heavy atom. The Bertz CT molecular complexity index is 1210. The van der Waals surface area contributed by atoms with Gasteiger partial charge in [-0.05, 0) is 48.5 Å². The molecular weight excluding hydrogens is 360 g/mol. The summed E-state index contributed by atoms with van der Waals surface area (Å²) in [5.41, 5.74) is 1.08. The molecule has 0 radical (unpaired) electrons. The zero-order chi connectivity index (χ0) is 19.5. The summed E-state index contributed by atoms with van der Waals surface area (Å²) < 4.78 is 10.5. The second kappa shape index (κ2) is 7.24. The van der Waals surface area contributed by atoms with Gasteiger partial charge in [-0.15, -0.1) is 0 Å². The SMILES string of the molecule is O=C(Nc1ccc(NC(=O)c2cc(=O)c3ccccc3o2)cc1)c1ccco1. The Balaban J connectivity index is 1.48. The van der Waals surface area contributed by atoms with Gasteiger partial charge >= 0.3 is 0 Å². The van der Waals surface area contributed by atoms with Gasteiger partial charge in [-0.1, -0.05) is 12.1 Å². The Labute approximate surface area is 158 Å². The van der Waals surface area contributed by atoms with Crippen LogP contribution in [-0.4, -0.2) is 11.8 Å². The number of hydrogen-bond acceptors (Lipinski definition) is 5. The van der Waals surface area contributed by atoms with E-state index in [4.69, 9.17) is 8.83 Å². The first-order chi connectivity index (χ1) is 13.6. The molecule has 0 aliphatic rings. The minimum atomic E-state index is -0.546. The van der Waals surface area contributed by atoms with Crippen molar-refractivity contribution in [2.75, 3.05) is 10.6 Å². The molecule has 0 atom stereocenters. The van der Waals surface area contributed by atoms with Crippen LogP contribution in [0.2, 0.25) is 0 Å². The fourth-order valence-corrected chi connectivity index (χ4v) is 2.65. The van der Waals surface area contributed by atoms with Crippen molar-refractivity contribution in [1.82, 2.24) is 0 Å². The Morgan fingerprint density at radius 2 is 1.39 bits per heavy atom. The summed E-state index contributed by atoms with van der Waals surface area (Å²) in [6, 6.07) is 17.6. The second-order valence-electron chi connectivity index (χ2n) is 5.93. The molecule has 0 saturated carbocycles. The highest BCUT2D eigenvalue weighted by atomic mass is 16.3. The molecule has 0 aliphatic heterocycles. The van der Waals surface area contributed by atoms with E-state index in [2.05, 4.69) is 10.6 Å². The Morgan fingerprint density at radius 1 is 0.750 bits per heavy atom. The molecule has 4 rings (SSSR count). The molecule has 0 aliphatic carbocycles. The summed E-state index contributed by atoms with van der Waals surface area (Å²) >= 11 is 0. The quantitative estimate of drug-likeness (QED) is 0.564. The molecule has 4 aromatic rings. The minimum Gasteiger partial charge on any atom is -0.459 e. The van der Waals surface area contributed by atoms with Crippen molar-refractivity contribution in [2.45, 2.75) is 0 Å². The molecule has 138 valence electrons. The van der Waals surface area contributed by atoms with Gasteiger partial charge in [-0.3, -0.25) is 14.4 Å². The zero-order valence-electron chi connectivity index (χ0n) is 14.5. The van der Waals surface area contributed by atoms with Gasteiger partial charge in [0.2, 0.25) is 0 Å². The summed E-state index contributed by atoms with van der Waals surface area (Å²) in [6.07, 6.45) is 1.42. The van der Waals surface area contributed by atoms with E-state index in [1.165, 1.54) is 6.26 Å². The molecule has 0 spiro atoms. The molecule has 2 N–H and O–H groups in total. The van der Waals surface area contributed by atoms with Gasteiger partial charge in [0, 0.05) is 17.4 Å². The predicted molar refractivity (Wildman–Crippen MR) is 104 cm³/mol. The van der Waals surface area contributed by atoms with Gasteiger partial charge in [0.15, 0.2) is 16.9 Å². The molecule has 0 saturated heterocycles. The molecule has 0 unspecified atom stereocenters. The largest absolute Gasteiger partial charge is 0.459 e. The summed E-state index contributed by atoms with van der Waals surface area (Å²) in [7, 11) is 0. The highest BCUT2D eigenvalue weighted by Crippen LogP contribution is 2.17. The fraction of sp³-hybridized carbons (Fsp3) is 0. The molecule has 2 aromatic carbocycles. The van der Waals surface area contributed by atoms with Crippen LogP contribution in [0.5, 0.6) is 0 Å². The van der Waals surface area contributed by atoms with E-state index in [0.717, 1.165) is 6.07 Å². The normalized spacial score (nSPS) is 10.6. The lowest BCUT2D eigenvalue weighted by Gasteiger charge is -2.07. The highest BCUT2D eigenvalue weighted by Gasteiger charge is 2.13. The number of furan rings is 1. The van der Waals surface area contributed by atoms with Crippen molar-refractivity contribution in [3.05, 3.63) is 94.7 Å². The standard InChI is InChI=1S/C21H14N2O5/c24-16-12-19(28-17-5-2-1-4-15(16)17)21(26)23-14-9-7-13(8-10-14)22-20(25)18-6-3-11-27-18/h1-12H,(H,22,25)(H,23,26). The average Bonchev–Trinajstić information content (AvgIpc) is 3.24. The first-order valence-electron chi connectivity index (χ1n) is 8.39. The lowest BCUT2D eigenvalue weighted by molar-refractivity contribution is 0.0989. The monoisotopic (exact) mass is 374 g/mol. The van der Waals surface area contributed by atoms with E-state index in [1.54, 1.807) is 60.7 Å². The summed E-state index contributed by atoms with van der Waals surface area (Å²) in [5.74, 6) is -0.808. The van der Waals surface area contributed by atoms with Crippen LogP contribution >= 0.6 is 0 Å². The van der Waals surface area contributed by atoms with Crippen LogP contribution in [0.15, 0.2) is 86.6 Å². The maximum atomic E-state index is 12.4. The Hall–Kier alpha value is -4.13. The van der Waals surface area contributed by atoms with Gasteiger partial charge in [0.05, 0.1) is 11.6 Å². The van der Waals surface area contributed by atoms with Crippen LogP contribution in [0.3, 0.4) is 0 Å². The van der Waals surface area contributed by atoms with Crippen molar-refractivity contribution >= 4 is 34.2 Å². The molecule has 0 bridgehead atoms. The maximum absolute atomic E-state index is 12.4. The van der Waals surface area contributed by atoms with Crippen molar-refractivity contribution in [3.63, 3.8) is 0 Å². The fourth-order valence-electron chi connectivity index (χ4n) is 2.65. The number of carbonyl (C=O) groups excluding carboxylic acids is 2. The van der Waals surface area contributed by atoms with E-state index in [1.807, 2.05) is 0 Å². The van der Waals surface area contributed by atoms with Crippen molar-refractivity contribution < 1.29 is 18.4 Å². The third kappa shape index (κ3) is 3.54. The number of hydrogen-bond donors (Lipinski definition) is 2. The van der Waals surface area contributed by atoms with E-state index < -0.39 is 5.91 Å². The summed E-state index contributed by atoms with van der Waals surface area (Å²) in [4.78, 5) is 36.5. The van der Waals surface area contributed by atoms with Crippen LogP contribution in [0, 0.1) is 0 Å². The van der Waals surface area contributed by atoms with E-state index >= 15 is 0 Å². The number of carbonyl (C=O) groups is 2. The van der Waals surface area contributed by atoms with Crippen LogP contribution in [0.25, 0.3) is 11.0 Å². The topological polar surface area (TPSA) is 102 Å². The smallest absolute Gasteiger partial charge is 0.291 e. The number of benzene rings is 2. The van der Waals surface area contributed by atoms with Gasteiger partial charge in [0.1, 0.15) is 5.58 Å². The van der Waals surface area contributed by atoms with Gasteiger partial charge in [-0.25, -0.2) is 0 Å². The number of amides is 2. The minimum absolute atomic E-state index is 0.0844. The van der Waals surface area contributed by atoms with Crippen molar-refractivity contribution in [2.24, 2.45) is 0 Å². The van der Waals surface area contributed by atoms with Crippen LogP contribution < -0.4 is 16.1 Å². The van der Waals surface area contributed by atoms with E-state index in [9.17, 15) is 14.4 Å². The molecule has 7 heteroatoms. The van der Waals surface area contributed by atoms with E-state index in [-0.39, 0.29) is 22.9 Å². The van der Waals surface area contributed by atoms with Crippen LogP contribution in [0.4, 0.5) is 11.4 Å². The predicted octanol–water partition coefficient (Wildman–Crippen LogP) is 3.89. The lowest BCUT2D eigenvalue weighted by Crippen LogP contribution is -2.15. The molecular formula is C21H14N2O5. The van der Waals surface area contributed by atoms with Gasteiger partial charge in [-0.2, -0.15) is 0 Å². The number of fused-ring (bicyclic) bond motifs is 1. The van der Waals surface area contributed by atoms with Crippen LogP contribution in [-0.2, 0) is 0 Å². The average molecular weight is 374 g/mol. The second-order valence-corrected chi connectivity index (χ2v) is 5.93. The number of anilines is 2. The molecule has 2 amide bonds. The highest BCUT2D eigenvalue weighted by molar-refractivity contribution is 6.04. The molecule has 28 heavy (non-hydrogen) atoms. The van der Waals surface area contributed by atoms with Gasteiger partial charge in [0.25, 0.3) is 11.8 Å². The van der Waals surface area contributed by atoms with Crippen molar-refractivity contribution in [1.29, 1.82) is 0 Å². The first-order valence-corrected chi connectivity index (χ1v) is 8.39. The molecule has 2 aromatic heterocycles. The first kappa shape index (κ1) is 17.3. The van der Waals surface area contributed by atoms with Crippen LogP contribution in [0.1, 0.15) is 21.1 Å². The maximum Gasteiger partial charge on any atom is 0.291 e. The zero-order valence-corrected chi connectivity index (χ0v) is 14.5. The molecule has 0 fully saturated rings. The summed E-state index contributed by atoms with van der Waals surface area (Å²) in [6.45, 7) is 0. The summed E-state index contributed by atoms with van der Waals surface area (Å²) in [5, 5.41) is 5.75. The number of nitrogens with one attached hydrogen (secondary N) is 2. The number of para-hydroxylation sites is 1. The molecule has 7 nitrogen and oxygen atoms in total. The van der Waals surface area contributed by atoms with Gasteiger partial charge < -0.3 is 19.5 Å². The van der Waals surface area contributed by atoms with Crippen molar-refractivity contribution in [3.8, 4) is 0 Å². The third-order valence-corrected chi connectivity index (χ3v) is 4.00.